The molecule has 3 heteroatoms. The summed E-state index contributed by atoms with van der Waals surface area (Å²) in [5.41, 5.74) is 2.96. The molecule has 0 heterocycles. The van der Waals surface area contributed by atoms with Gasteiger partial charge in [-0.25, -0.2) is 0 Å². The van der Waals surface area contributed by atoms with Crippen molar-refractivity contribution in [3.05, 3.63) is 59.7 Å². The number of rotatable bonds is 6. The summed E-state index contributed by atoms with van der Waals surface area (Å²) in [6.07, 6.45) is 2.23. The highest BCUT2D eigenvalue weighted by Crippen LogP contribution is 2.30. The first-order valence-corrected chi connectivity index (χ1v) is 9.06. The molecule has 0 spiro atoms. The van der Waals surface area contributed by atoms with Crippen LogP contribution in [0.1, 0.15) is 25.0 Å². The maximum Gasteiger partial charge on any atom is -0.00517 e. The summed E-state index contributed by atoms with van der Waals surface area (Å²) >= 11 is 0. The first-order chi connectivity index (χ1) is 9.74. The molecule has 0 N–H and O–H groups in total. The Morgan fingerprint density at radius 3 is 1.55 bits per heavy atom. The molecular weight excluding hydrogens is 280 g/mol. The van der Waals surface area contributed by atoms with E-state index in [1.54, 1.807) is 0 Å². The molecule has 2 rings (SSSR count). The summed E-state index contributed by atoms with van der Waals surface area (Å²) in [5.74, 6) is 0. The van der Waals surface area contributed by atoms with Gasteiger partial charge in [0.2, 0.25) is 0 Å². The van der Waals surface area contributed by atoms with Crippen LogP contribution in [0.25, 0.3) is 0 Å². The number of nitrogens with zero attached hydrogens (tertiary/aromatic N) is 1. The van der Waals surface area contributed by atoms with Crippen molar-refractivity contribution in [2.45, 2.75) is 26.7 Å². The van der Waals surface area contributed by atoms with Crippen molar-refractivity contribution >= 4 is 28.1 Å². The van der Waals surface area contributed by atoms with Crippen LogP contribution in [0.4, 0.5) is 0 Å². The lowest BCUT2D eigenvalue weighted by Gasteiger charge is -2.19. The molecule has 0 aliphatic rings. The molecule has 2 aromatic rings. The van der Waals surface area contributed by atoms with Crippen LogP contribution in [-0.2, 0) is 12.8 Å². The van der Waals surface area contributed by atoms with Crippen molar-refractivity contribution in [2.24, 2.45) is 0 Å². The fraction of sp³-hybridized carbons (Fsp3) is 0.294. The van der Waals surface area contributed by atoms with Crippen molar-refractivity contribution in [3.63, 3.8) is 0 Å². The molecule has 20 heavy (non-hydrogen) atoms. The number of hydrogen-bond donors (Lipinski definition) is 0. The zero-order valence-corrected chi connectivity index (χ0v) is 14.5. The third-order valence-corrected chi connectivity index (χ3v) is 6.17. The van der Waals surface area contributed by atoms with Gasteiger partial charge in [-0.05, 0) is 59.1 Å². The van der Waals surface area contributed by atoms with Gasteiger partial charge in [-0.3, -0.25) is 4.44 Å². The maximum atomic E-state index is 2.46. The Morgan fingerprint density at radius 2 is 1.15 bits per heavy atom. The van der Waals surface area contributed by atoms with Crippen LogP contribution in [0.5, 0.6) is 0 Å². The van der Waals surface area contributed by atoms with Crippen LogP contribution in [0.3, 0.4) is 0 Å². The van der Waals surface area contributed by atoms with Gasteiger partial charge >= 0.3 is 0 Å². The predicted octanol–water partition coefficient (Wildman–Crippen LogP) is 3.88. The smallest absolute Gasteiger partial charge is 0.00517 e. The zero-order valence-electron chi connectivity index (χ0n) is 12.5. The van der Waals surface area contributed by atoms with E-state index in [0.717, 1.165) is 30.3 Å². The van der Waals surface area contributed by atoms with Crippen molar-refractivity contribution in [3.8, 4) is 0 Å². The Labute approximate surface area is 126 Å². The van der Waals surface area contributed by atoms with Crippen molar-refractivity contribution in [1.29, 1.82) is 0 Å². The molecule has 2 unspecified atom stereocenters. The van der Waals surface area contributed by atoms with Crippen LogP contribution < -0.4 is 10.6 Å². The molecule has 2 atom stereocenters. The van der Waals surface area contributed by atoms with Gasteiger partial charge in [0.15, 0.2) is 0 Å². The van der Waals surface area contributed by atoms with E-state index in [0.29, 0.717) is 0 Å². The fourth-order valence-corrected chi connectivity index (χ4v) is 5.08. The van der Waals surface area contributed by atoms with Gasteiger partial charge in [-0.2, -0.15) is 0 Å². The second-order valence-corrected chi connectivity index (χ2v) is 8.12. The van der Waals surface area contributed by atoms with E-state index in [4.69, 9.17) is 0 Å². The molecule has 106 valence electrons. The summed E-state index contributed by atoms with van der Waals surface area (Å²) in [5, 5.41) is 2.97. The van der Waals surface area contributed by atoms with Crippen LogP contribution in [0, 0.1) is 0 Å². The summed E-state index contributed by atoms with van der Waals surface area (Å²) in [7, 11) is 3.74. The minimum Gasteiger partial charge on any atom is -0.260 e. The van der Waals surface area contributed by atoms with Gasteiger partial charge in [-0.15, -0.1) is 0 Å². The molecule has 0 radical (unpaired) electrons. The molecule has 0 saturated heterocycles. The highest BCUT2D eigenvalue weighted by atomic mass is 31.1. The Morgan fingerprint density at radius 1 is 0.750 bits per heavy atom. The second kappa shape index (κ2) is 7.89. The zero-order chi connectivity index (χ0) is 14.4. The molecule has 0 fully saturated rings. The van der Waals surface area contributed by atoms with Gasteiger partial charge in [0.25, 0.3) is 0 Å². The third kappa shape index (κ3) is 4.13. The molecule has 0 amide bonds. The SMILES string of the molecule is CCc1ccccc1PN(C)Pc1ccccc1CC. The lowest BCUT2D eigenvalue weighted by atomic mass is 10.2. The van der Waals surface area contributed by atoms with E-state index in [1.807, 2.05) is 0 Å². The quantitative estimate of drug-likeness (QED) is 0.732. The molecule has 0 saturated carbocycles. The minimum absolute atomic E-state index is 0.753. The van der Waals surface area contributed by atoms with E-state index in [2.05, 4.69) is 73.9 Å². The van der Waals surface area contributed by atoms with Gasteiger partial charge < -0.3 is 0 Å². The molecule has 0 aromatic heterocycles. The maximum absolute atomic E-state index is 2.46. The van der Waals surface area contributed by atoms with Crippen LogP contribution in [0.2, 0.25) is 0 Å². The molecular formula is C17H23NP2. The van der Waals surface area contributed by atoms with Crippen molar-refractivity contribution in [1.82, 2.24) is 4.44 Å². The largest absolute Gasteiger partial charge is 0.260 e. The predicted molar refractivity (Wildman–Crippen MR) is 95.3 cm³/mol. The lowest BCUT2D eigenvalue weighted by molar-refractivity contribution is 0.930. The van der Waals surface area contributed by atoms with Crippen molar-refractivity contribution in [2.75, 3.05) is 7.05 Å². The summed E-state index contributed by atoms with van der Waals surface area (Å²) in [4.78, 5) is 0. The summed E-state index contributed by atoms with van der Waals surface area (Å²) < 4.78 is 2.46. The van der Waals surface area contributed by atoms with E-state index in [-0.39, 0.29) is 0 Å². The Hall–Kier alpha value is -0.740. The third-order valence-electron chi connectivity index (χ3n) is 3.37. The average Bonchev–Trinajstić information content (AvgIpc) is 2.48. The van der Waals surface area contributed by atoms with Crippen LogP contribution in [-0.4, -0.2) is 11.5 Å². The Kier molecular flexibility index (Phi) is 6.17. The Bertz CT molecular complexity index is 505. The normalized spacial score (nSPS) is 12.2. The first kappa shape index (κ1) is 15.6. The monoisotopic (exact) mass is 303 g/mol. The molecule has 0 bridgehead atoms. The summed E-state index contributed by atoms with van der Waals surface area (Å²) in [6, 6.07) is 17.6. The van der Waals surface area contributed by atoms with Crippen molar-refractivity contribution < 1.29 is 0 Å². The van der Waals surface area contributed by atoms with Crippen LogP contribution >= 0.6 is 17.5 Å². The molecule has 2 aromatic carbocycles. The average molecular weight is 303 g/mol. The van der Waals surface area contributed by atoms with Crippen LogP contribution in [0.15, 0.2) is 48.5 Å². The first-order valence-electron chi connectivity index (χ1n) is 7.17. The van der Waals surface area contributed by atoms with E-state index in [9.17, 15) is 0 Å². The number of benzene rings is 2. The van der Waals surface area contributed by atoms with Gasteiger partial charge in [0, 0.05) is 0 Å². The fourth-order valence-electron chi connectivity index (χ4n) is 2.26. The second-order valence-electron chi connectivity index (χ2n) is 4.80. The van der Waals surface area contributed by atoms with Gasteiger partial charge in [-0.1, -0.05) is 62.4 Å². The molecule has 0 aliphatic carbocycles. The number of aryl methyl sites for hydroxylation is 2. The summed E-state index contributed by atoms with van der Waals surface area (Å²) in [6.45, 7) is 4.47. The van der Waals surface area contributed by atoms with Gasteiger partial charge in [0.05, 0.1) is 0 Å². The molecule has 0 aliphatic heterocycles. The van der Waals surface area contributed by atoms with E-state index >= 15 is 0 Å². The standard InChI is InChI=1S/C17H23NP2/c1-4-14-10-6-8-12-16(14)19-18(3)20-17-13-9-7-11-15(17)5-2/h6-13,19-20H,4-5H2,1-3H3. The highest BCUT2D eigenvalue weighted by Gasteiger charge is 2.07. The highest BCUT2D eigenvalue weighted by molar-refractivity contribution is 7.60. The Balaban J connectivity index is 2.07. The van der Waals surface area contributed by atoms with E-state index in [1.165, 1.54) is 21.7 Å². The molecule has 1 nitrogen and oxygen atoms in total. The lowest BCUT2D eigenvalue weighted by Crippen LogP contribution is -2.12. The number of hydrogen-bond acceptors (Lipinski definition) is 1. The van der Waals surface area contributed by atoms with Gasteiger partial charge in [0.1, 0.15) is 0 Å². The topological polar surface area (TPSA) is 3.24 Å². The van der Waals surface area contributed by atoms with E-state index < -0.39 is 0 Å². The minimum atomic E-state index is 0.753.